The van der Waals surface area contributed by atoms with E-state index in [0.29, 0.717) is 38.5 Å². The molecule has 4 atom stereocenters. The van der Waals surface area contributed by atoms with Crippen molar-refractivity contribution in [2.45, 2.75) is 124 Å². The van der Waals surface area contributed by atoms with Crippen molar-refractivity contribution in [2.24, 2.45) is 5.41 Å². The molecule has 2 aromatic heterocycles. The van der Waals surface area contributed by atoms with Crippen molar-refractivity contribution in [3.63, 3.8) is 0 Å². The summed E-state index contributed by atoms with van der Waals surface area (Å²) in [5.74, 6) is 0.176. The molecule has 1 saturated carbocycles. The van der Waals surface area contributed by atoms with E-state index in [1.54, 1.807) is 0 Å². The Morgan fingerprint density at radius 1 is 1.00 bits per heavy atom. The first-order chi connectivity index (χ1) is 21.6. The normalized spacial score (nSPS) is 29.9. The molecule has 3 fully saturated rings. The molecule has 7 rings (SSSR count). The van der Waals surface area contributed by atoms with Crippen LogP contribution in [0.15, 0.2) is 18.3 Å². The first-order valence-corrected chi connectivity index (χ1v) is 21.0. The lowest BCUT2D eigenvalue weighted by atomic mass is 9.58. The van der Waals surface area contributed by atoms with Crippen LogP contribution < -0.4 is 0 Å². The first-order valence-electron chi connectivity index (χ1n) is 16.9. The van der Waals surface area contributed by atoms with Crippen LogP contribution in [-0.2, 0) is 36.8 Å². The number of aromatic nitrogens is 2. The van der Waals surface area contributed by atoms with Gasteiger partial charge in [-0.25, -0.2) is 0 Å². The summed E-state index contributed by atoms with van der Waals surface area (Å²) in [4.78, 5) is 10.1. The molecule has 0 radical (unpaired) electrons. The van der Waals surface area contributed by atoms with E-state index in [1.807, 2.05) is 0 Å². The summed E-state index contributed by atoms with van der Waals surface area (Å²) in [5.41, 5.74) is 4.79. The monoisotopic (exact) mass is 770 g/mol. The third-order valence-corrected chi connectivity index (χ3v) is 17.8. The molecule has 0 N–H and O–H groups in total. The van der Waals surface area contributed by atoms with Crippen molar-refractivity contribution in [3.05, 3.63) is 57.7 Å². The lowest BCUT2D eigenvalue weighted by Crippen LogP contribution is -2.48. The molecular weight excluding hydrogens is 724 g/mol. The summed E-state index contributed by atoms with van der Waals surface area (Å²) in [6.07, 6.45) is 3.63. The maximum atomic E-state index is 13.6. The number of fused-ring (bicyclic) bond motifs is 4. The molecule has 5 heterocycles. The van der Waals surface area contributed by atoms with Crippen LogP contribution in [0.4, 0.5) is 13.2 Å². The highest BCUT2D eigenvalue weighted by Gasteiger charge is 2.58. The molecule has 5 aliphatic rings. The van der Waals surface area contributed by atoms with Gasteiger partial charge in [0.15, 0.2) is 8.32 Å². The predicted octanol–water partition coefficient (Wildman–Crippen LogP) is 9.11. The van der Waals surface area contributed by atoms with Gasteiger partial charge in [-0.3, -0.25) is 9.97 Å². The molecule has 0 aromatic carbocycles. The number of nitrogens with zero attached hydrogens (tertiary/aromatic N) is 2. The molecule has 0 amide bonds. The van der Waals surface area contributed by atoms with Crippen molar-refractivity contribution in [3.8, 4) is 0 Å². The van der Waals surface area contributed by atoms with Crippen LogP contribution >= 0.6 is 22.6 Å². The Labute approximate surface area is 285 Å². The molecule has 6 nitrogen and oxygen atoms in total. The second-order valence-electron chi connectivity index (χ2n) is 15.8. The minimum Gasteiger partial charge on any atom is -0.410 e. The highest BCUT2D eigenvalue weighted by molar-refractivity contribution is 14.1. The van der Waals surface area contributed by atoms with Gasteiger partial charge < -0.3 is 18.6 Å². The van der Waals surface area contributed by atoms with Crippen molar-refractivity contribution in [1.82, 2.24) is 9.97 Å². The SMILES string of the molecule is CC(C)(C)[Si](C)(C)OC1CC2(CCC2)Cc2nc(C3CCOCC3)c3c(c21)C1(CCOCC1I)O[C@@H]3c1ccc(C(F)(F)F)cn1. The van der Waals surface area contributed by atoms with Crippen LogP contribution in [-0.4, -0.2) is 48.6 Å². The summed E-state index contributed by atoms with van der Waals surface area (Å²) in [6.45, 7) is 13.9. The van der Waals surface area contributed by atoms with E-state index in [1.165, 1.54) is 36.5 Å². The maximum absolute atomic E-state index is 13.6. The topological polar surface area (TPSA) is 62.7 Å². The van der Waals surface area contributed by atoms with E-state index in [0.717, 1.165) is 54.9 Å². The van der Waals surface area contributed by atoms with Crippen LogP contribution in [0, 0.1) is 5.41 Å². The van der Waals surface area contributed by atoms with Gasteiger partial charge in [0, 0.05) is 60.7 Å². The number of ether oxygens (including phenoxy) is 3. The molecule has 3 aliphatic heterocycles. The van der Waals surface area contributed by atoms with Gasteiger partial charge in [0.25, 0.3) is 0 Å². The lowest BCUT2D eigenvalue weighted by Gasteiger charge is -2.51. The predicted molar refractivity (Wildman–Crippen MR) is 180 cm³/mol. The van der Waals surface area contributed by atoms with Crippen molar-refractivity contribution in [2.75, 3.05) is 26.4 Å². The Hall–Kier alpha value is -1.12. The number of alkyl halides is 4. The molecule has 2 spiro atoms. The molecule has 46 heavy (non-hydrogen) atoms. The zero-order valence-corrected chi connectivity index (χ0v) is 30.7. The quantitative estimate of drug-likeness (QED) is 0.176. The van der Waals surface area contributed by atoms with E-state index in [-0.39, 0.29) is 26.4 Å². The van der Waals surface area contributed by atoms with E-state index in [9.17, 15) is 13.2 Å². The number of rotatable bonds is 4. The summed E-state index contributed by atoms with van der Waals surface area (Å²) in [6, 6.07) is 2.63. The van der Waals surface area contributed by atoms with Crippen LogP contribution in [0.1, 0.15) is 123 Å². The van der Waals surface area contributed by atoms with Gasteiger partial charge in [-0.1, -0.05) is 49.8 Å². The second-order valence-corrected chi connectivity index (χ2v) is 22.0. The Balaban J connectivity index is 1.48. The van der Waals surface area contributed by atoms with Crippen LogP contribution in [0.5, 0.6) is 0 Å². The number of pyridine rings is 2. The molecular formula is C35H46F3IN2O4Si. The van der Waals surface area contributed by atoms with Crippen molar-refractivity contribution in [1.29, 1.82) is 0 Å². The third-order valence-electron chi connectivity index (χ3n) is 11.9. The highest BCUT2D eigenvalue weighted by Crippen LogP contribution is 2.62. The van der Waals surface area contributed by atoms with Gasteiger partial charge in [-0.05, 0) is 74.2 Å². The van der Waals surface area contributed by atoms with Crippen LogP contribution in [0.3, 0.4) is 0 Å². The largest absolute Gasteiger partial charge is 0.417 e. The molecule has 0 bridgehead atoms. The van der Waals surface area contributed by atoms with Crippen molar-refractivity contribution >= 4 is 30.9 Å². The minimum absolute atomic E-state index is 0.000742. The molecule has 11 heteroatoms. The van der Waals surface area contributed by atoms with Gasteiger partial charge in [0.1, 0.15) is 11.7 Å². The fourth-order valence-electron chi connectivity index (χ4n) is 8.16. The third kappa shape index (κ3) is 5.60. The van der Waals surface area contributed by atoms with Gasteiger partial charge >= 0.3 is 6.18 Å². The molecule has 3 unspecified atom stereocenters. The number of hydrogen-bond acceptors (Lipinski definition) is 6. The fraction of sp³-hybridized carbons (Fsp3) is 0.714. The smallest absolute Gasteiger partial charge is 0.410 e. The number of hydrogen-bond donors (Lipinski definition) is 0. The standard InChI is InChI=1S/C35H46F3IN2O4Si/c1-32(2,3)46(4,5)45-25-18-33(11-6-12-33)17-24-27(25)29-28(30(41-24)21-9-14-42-15-10-21)31(44-34(29)13-16-43-20-26(34)39)23-8-7-22(19-40-23)35(36,37)38/h7-8,19,21,25-26,31H,6,9-18,20H2,1-5H3/t25?,26?,31-,34?/m1/s1. The maximum Gasteiger partial charge on any atom is 0.417 e. The van der Waals surface area contributed by atoms with Gasteiger partial charge in [0.05, 0.1) is 33.6 Å². The van der Waals surface area contributed by atoms with E-state index < -0.39 is 31.8 Å². The molecule has 2 aliphatic carbocycles. The van der Waals surface area contributed by atoms with E-state index in [2.05, 4.69) is 61.4 Å². The Bertz CT molecular complexity index is 1470. The zero-order valence-electron chi connectivity index (χ0n) is 27.6. The summed E-state index contributed by atoms with van der Waals surface area (Å²) < 4.78 is 67.3. The average Bonchev–Trinajstić information content (AvgIpc) is 3.32. The fourth-order valence-corrected chi connectivity index (χ4v) is 10.5. The van der Waals surface area contributed by atoms with E-state index >= 15 is 0 Å². The summed E-state index contributed by atoms with van der Waals surface area (Å²) in [7, 11) is -2.20. The van der Waals surface area contributed by atoms with Crippen LogP contribution in [0.25, 0.3) is 0 Å². The summed E-state index contributed by atoms with van der Waals surface area (Å²) in [5, 5.41) is 0.0291. The summed E-state index contributed by atoms with van der Waals surface area (Å²) >= 11 is 2.48. The highest BCUT2D eigenvalue weighted by atomic mass is 127. The number of halogens is 4. The Kier molecular flexibility index (Phi) is 8.52. The molecule has 252 valence electrons. The Morgan fingerprint density at radius 2 is 1.74 bits per heavy atom. The van der Waals surface area contributed by atoms with E-state index in [4.69, 9.17) is 23.6 Å². The van der Waals surface area contributed by atoms with Gasteiger partial charge in [0.2, 0.25) is 0 Å². The second kappa shape index (κ2) is 11.7. The van der Waals surface area contributed by atoms with Gasteiger partial charge in [-0.2, -0.15) is 13.2 Å². The molecule has 2 aromatic rings. The lowest BCUT2D eigenvalue weighted by molar-refractivity contribution is -0.138. The minimum atomic E-state index is -4.46. The van der Waals surface area contributed by atoms with Crippen LogP contribution in [0.2, 0.25) is 18.1 Å². The molecule has 2 saturated heterocycles. The van der Waals surface area contributed by atoms with Crippen molar-refractivity contribution < 1.29 is 31.8 Å². The zero-order chi connectivity index (χ0) is 32.7. The Morgan fingerprint density at radius 3 is 2.33 bits per heavy atom. The van der Waals surface area contributed by atoms with Gasteiger partial charge in [-0.15, -0.1) is 0 Å². The average molecular weight is 771 g/mol. The first kappa shape index (κ1) is 33.4.